The second-order valence-corrected chi connectivity index (χ2v) is 3.44. The highest BCUT2D eigenvalue weighted by atomic mass is 19.1. The van der Waals surface area contributed by atoms with Crippen LogP contribution in [0.4, 0.5) is 4.39 Å². The topological polar surface area (TPSA) is 45.5 Å². The number of pyridine rings is 1. The number of aromatic nitrogens is 1. The van der Waals surface area contributed by atoms with Gasteiger partial charge >= 0.3 is 0 Å². The lowest BCUT2D eigenvalue weighted by Crippen LogP contribution is -2.19. The maximum Gasteiger partial charge on any atom is 0.191 e. The van der Waals surface area contributed by atoms with Crippen molar-refractivity contribution in [3.8, 4) is 0 Å². The van der Waals surface area contributed by atoms with Crippen LogP contribution in [0.2, 0.25) is 0 Å². The van der Waals surface area contributed by atoms with Crippen molar-refractivity contribution in [1.82, 2.24) is 4.98 Å². The van der Waals surface area contributed by atoms with E-state index in [2.05, 4.69) is 9.98 Å². The van der Waals surface area contributed by atoms with Gasteiger partial charge in [0, 0.05) is 24.2 Å². The second-order valence-electron chi connectivity index (χ2n) is 3.44. The maximum atomic E-state index is 14.4. The molecular weight excluding hydrogens is 207 g/mol. The molecule has 2 heterocycles. The molecule has 0 fully saturated rings. The minimum atomic E-state index is -1.73. The highest BCUT2D eigenvalue weighted by molar-refractivity contribution is 5.75. The van der Waals surface area contributed by atoms with Crippen LogP contribution < -0.4 is 0 Å². The quantitative estimate of drug-likeness (QED) is 0.823. The molecule has 1 aromatic rings. The van der Waals surface area contributed by atoms with Gasteiger partial charge in [0.05, 0.1) is 12.3 Å². The smallest absolute Gasteiger partial charge is 0.191 e. The Hall–Kier alpha value is -1.81. The molecule has 0 bridgehead atoms. The van der Waals surface area contributed by atoms with Crippen LogP contribution in [0.25, 0.3) is 0 Å². The van der Waals surface area contributed by atoms with Crippen molar-refractivity contribution in [2.75, 3.05) is 0 Å². The van der Waals surface area contributed by atoms with Crippen molar-refractivity contribution in [1.29, 1.82) is 0 Å². The standard InChI is InChI=1S/C12H11FN2O/c13-12(5-1-2-6-14-9-12)10-3-4-11(8-16)15-7-10/h1-7,9,16H,8H2. The number of allylic oxidation sites excluding steroid dienone is 3. The number of aliphatic hydroxyl groups is 1. The lowest BCUT2D eigenvalue weighted by Gasteiger charge is -2.15. The summed E-state index contributed by atoms with van der Waals surface area (Å²) in [7, 11) is 0. The van der Waals surface area contributed by atoms with Crippen molar-refractivity contribution in [2.45, 2.75) is 12.3 Å². The molecule has 0 spiro atoms. The molecule has 1 atom stereocenters. The number of rotatable bonds is 2. The molecule has 0 saturated carbocycles. The zero-order valence-corrected chi connectivity index (χ0v) is 8.55. The Balaban J connectivity index is 2.35. The Kier molecular flexibility index (Phi) is 2.92. The van der Waals surface area contributed by atoms with Crippen LogP contribution in [-0.4, -0.2) is 16.3 Å². The monoisotopic (exact) mass is 218 g/mol. The molecule has 3 nitrogen and oxygen atoms in total. The van der Waals surface area contributed by atoms with Crippen molar-refractivity contribution >= 4 is 6.21 Å². The fraction of sp³-hybridized carbons (Fsp3) is 0.167. The first kappa shape index (κ1) is 10.7. The van der Waals surface area contributed by atoms with Gasteiger partial charge in [-0.1, -0.05) is 12.1 Å². The molecule has 1 aromatic heterocycles. The molecule has 16 heavy (non-hydrogen) atoms. The molecule has 1 aliphatic rings. The average molecular weight is 218 g/mol. The van der Waals surface area contributed by atoms with Crippen molar-refractivity contribution in [3.05, 3.63) is 54.0 Å². The Morgan fingerprint density at radius 2 is 2.19 bits per heavy atom. The average Bonchev–Trinajstić information content (AvgIpc) is 2.55. The Morgan fingerprint density at radius 1 is 1.31 bits per heavy atom. The fourth-order valence-electron chi connectivity index (χ4n) is 1.40. The van der Waals surface area contributed by atoms with Crippen LogP contribution in [0.5, 0.6) is 0 Å². The summed E-state index contributed by atoms with van der Waals surface area (Å²) in [5.41, 5.74) is -0.821. The van der Waals surface area contributed by atoms with Crippen LogP contribution >= 0.6 is 0 Å². The molecule has 82 valence electrons. The molecule has 1 N–H and O–H groups in total. The summed E-state index contributed by atoms with van der Waals surface area (Å²) in [6, 6.07) is 3.19. The summed E-state index contributed by atoms with van der Waals surface area (Å²) < 4.78 is 14.4. The van der Waals surface area contributed by atoms with Crippen LogP contribution in [0.15, 0.2) is 47.7 Å². The Bertz CT molecular complexity index is 433. The van der Waals surface area contributed by atoms with Gasteiger partial charge < -0.3 is 5.11 Å². The number of aliphatic imine (C=N–C) groups is 1. The molecule has 2 rings (SSSR count). The predicted molar refractivity (Wildman–Crippen MR) is 59.7 cm³/mol. The van der Waals surface area contributed by atoms with E-state index in [1.807, 2.05) is 0 Å². The first-order valence-electron chi connectivity index (χ1n) is 4.88. The van der Waals surface area contributed by atoms with E-state index >= 15 is 0 Å². The summed E-state index contributed by atoms with van der Waals surface area (Å²) in [5, 5.41) is 8.84. The van der Waals surface area contributed by atoms with Crippen molar-refractivity contribution in [3.63, 3.8) is 0 Å². The highest BCUT2D eigenvalue weighted by Gasteiger charge is 2.27. The largest absolute Gasteiger partial charge is 0.390 e. The third-order valence-electron chi connectivity index (χ3n) is 2.31. The number of aliphatic hydroxyl groups excluding tert-OH is 1. The van der Waals surface area contributed by atoms with E-state index in [1.54, 1.807) is 24.3 Å². The highest BCUT2D eigenvalue weighted by Crippen LogP contribution is 2.26. The normalized spacial score (nSPS) is 23.4. The van der Waals surface area contributed by atoms with Crippen LogP contribution in [0, 0.1) is 0 Å². The van der Waals surface area contributed by atoms with Gasteiger partial charge in [-0.2, -0.15) is 0 Å². The van der Waals surface area contributed by atoms with Gasteiger partial charge in [0.2, 0.25) is 0 Å². The number of hydrogen-bond donors (Lipinski definition) is 1. The van der Waals surface area contributed by atoms with Crippen LogP contribution in [-0.2, 0) is 12.3 Å². The first-order chi connectivity index (χ1) is 7.74. The van der Waals surface area contributed by atoms with Gasteiger partial charge in [0.25, 0.3) is 0 Å². The number of alkyl halides is 1. The van der Waals surface area contributed by atoms with Crippen LogP contribution in [0.1, 0.15) is 11.3 Å². The molecule has 0 radical (unpaired) electrons. The molecule has 1 aliphatic heterocycles. The summed E-state index contributed by atoms with van der Waals surface area (Å²) in [4.78, 5) is 7.77. The number of hydrogen-bond acceptors (Lipinski definition) is 3. The molecule has 0 aliphatic carbocycles. The van der Waals surface area contributed by atoms with Gasteiger partial charge in [-0.05, 0) is 18.2 Å². The predicted octanol–water partition coefficient (Wildman–Crippen LogP) is 1.89. The van der Waals surface area contributed by atoms with Gasteiger partial charge in [0.1, 0.15) is 0 Å². The summed E-state index contributed by atoms with van der Waals surface area (Å²) in [5.74, 6) is 0. The molecule has 0 saturated heterocycles. The van der Waals surface area contributed by atoms with E-state index in [0.29, 0.717) is 11.3 Å². The number of nitrogens with zero attached hydrogens (tertiary/aromatic N) is 2. The van der Waals surface area contributed by atoms with E-state index in [4.69, 9.17) is 5.11 Å². The lowest BCUT2D eigenvalue weighted by molar-refractivity contribution is 0.276. The molecule has 0 amide bonds. The minimum Gasteiger partial charge on any atom is -0.390 e. The zero-order valence-electron chi connectivity index (χ0n) is 8.55. The van der Waals surface area contributed by atoms with E-state index in [1.165, 1.54) is 24.7 Å². The molecular formula is C12H11FN2O. The van der Waals surface area contributed by atoms with E-state index < -0.39 is 5.67 Å². The first-order valence-corrected chi connectivity index (χ1v) is 4.88. The summed E-state index contributed by atoms with van der Waals surface area (Å²) >= 11 is 0. The summed E-state index contributed by atoms with van der Waals surface area (Å²) in [6.07, 6.45) is 8.83. The van der Waals surface area contributed by atoms with Crippen molar-refractivity contribution in [2.24, 2.45) is 4.99 Å². The van der Waals surface area contributed by atoms with Crippen LogP contribution in [0.3, 0.4) is 0 Å². The Morgan fingerprint density at radius 3 is 2.88 bits per heavy atom. The number of halogens is 1. The summed E-state index contributed by atoms with van der Waals surface area (Å²) in [6.45, 7) is -0.148. The fourth-order valence-corrected chi connectivity index (χ4v) is 1.40. The molecule has 0 aromatic carbocycles. The van der Waals surface area contributed by atoms with E-state index in [0.717, 1.165) is 0 Å². The zero-order chi connectivity index (χ0) is 11.4. The molecule has 1 unspecified atom stereocenters. The Labute approximate surface area is 92.7 Å². The van der Waals surface area contributed by atoms with E-state index in [-0.39, 0.29) is 6.61 Å². The third kappa shape index (κ3) is 2.06. The van der Waals surface area contributed by atoms with Crippen molar-refractivity contribution < 1.29 is 9.50 Å². The van der Waals surface area contributed by atoms with Gasteiger partial charge in [-0.3, -0.25) is 9.98 Å². The van der Waals surface area contributed by atoms with Gasteiger partial charge in [-0.15, -0.1) is 0 Å². The second kappa shape index (κ2) is 4.37. The SMILES string of the molecule is OCc1ccc(C2(F)C=CC=CN=C2)cn1. The maximum absolute atomic E-state index is 14.4. The van der Waals surface area contributed by atoms with E-state index in [9.17, 15) is 4.39 Å². The lowest BCUT2D eigenvalue weighted by atomic mass is 9.98. The third-order valence-corrected chi connectivity index (χ3v) is 2.31. The molecule has 4 heteroatoms. The minimum absolute atomic E-state index is 0.148. The van der Waals surface area contributed by atoms with Gasteiger partial charge in [-0.25, -0.2) is 4.39 Å². The van der Waals surface area contributed by atoms with Gasteiger partial charge in [0.15, 0.2) is 5.67 Å².